The Morgan fingerprint density at radius 3 is 2.53 bits per heavy atom. The second kappa shape index (κ2) is 3.99. The van der Waals surface area contributed by atoms with E-state index in [4.69, 9.17) is 11.6 Å². The quantitative estimate of drug-likeness (QED) is 0.742. The van der Waals surface area contributed by atoms with Crippen LogP contribution in [0.1, 0.15) is 11.5 Å². The van der Waals surface area contributed by atoms with Crippen molar-refractivity contribution in [3.05, 3.63) is 35.0 Å². The van der Waals surface area contributed by atoms with Crippen molar-refractivity contribution in [2.45, 2.75) is 13.1 Å². The maximum Gasteiger partial charge on any atom is 0.435 e. The maximum atomic E-state index is 12.3. The van der Waals surface area contributed by atoms with Crippen LogP contribution in [0.4, 0.5) is 13.2 Å². The number of halogens is 4. The van der Waals surface area contributed by atoms with Crippen LogP contribution in [0.2, 0.25) is 5.15 Å². The van der Waals surface area contributed by atoms with Gasteiger partial charge in [0.25, 0.3) is 0 Å². The molecule has 0 bridgehead atoms. The summed E-state index contributed by atoms with van der Waals surface area (Å²) < 4.78 is 38.0. The molecule has 0 aliphatic heterocycles. The van der Waals surface area contributed by atoms with E-state index < -0.39 is 11.9 Å². The predicted octanol–water partition coefficient (Wildman–Crippen LogP) is 2.64. The Morgan fingerprint density at radius 2 is 2.00 bits per heavy atom. The molecule has 0 aliphatic rings. The minimum absolute atomic E-state index is 0.150. The van der Waals surface area contributed by atoms with Crippen LogP contribution in [0.3, 0.4) is 0 Å². The van der Waals surface area contributed by atoms with Crippen molar-refractivity contribution in [2.75, 3.05) is 0 Å². The van der Waals surface area contributed by atoms with E-state index in [2.05, 4.69) is 15.1 Å². The molecule has 0 radical (unpaired) electrons. The molecule has 0 spiro atoms. The standard InChI is InChI=1S/C9H6ClF3N4/c1-5-14-7(10)4-8(15-5)17-3-2-6(16-17)9(11,12)13/h2-4H,1H3. The van der Waals surface area contributed by atoms with Crippen molar-refractivity contribution < 1.29 is 13.2 Å². The Kier molecular flexibility index (Phi) is 2.78. The molecule has 0 fully saturated rings. The summed E-state index contributed by atoms with van der Waals surface area (Å²) in [6.07, 6.45) is -3.31. The van der Waals surface area contributed by atoms with Crippen molar-refractivity contribution in [3.8, 4) is 5.82 Å². The van der Waals surface area contributed by atoms with Crippen molar-refractivity contribution in [1.82, 2.24) is 19.7 Å². The lowest BCUT2D eigenvalue weighted by Gasteiger charge is -2.03. The van der Waals surface area contributed by atoms with Gasteiger partial charge < -0.3 is 0 Å². The molecule has 4 nitrogen and oxygen atoms in total. The highest BCUT2D eigenvalue weighted by atomic mass is 35.5. The fourth-order valence-electron chi connectivity index (χ4n) is 1.24. The normalized spacial score (nSPS) is 11.8. The fraction of sp³-hybridized carbons (Fsp3) is 0.222. The molecule has 17 heavy (non-hydrogen) atoms. The first-order valence-electron chi connectivity index (χ1n) is 4.51. The third-order valence-corrected chi connectivity index (χ3v) is 2.10. The lowest BCUT2D eigenvalue weighted by Crippen LogP contribution is -2.08. The number of aryl methyl sites for hydroxylation is 1. The molecule has 8 heteroatoms. The van der Waals surface area contributed by atoms with Gasteiger partial charge in [-0.2, -0.15) is 18.3 Å². The topological polar surface area (TPSA) is 43.6 Å². The fourth-order valence-corrected chi connectivity index (χ4v) is 1.46. The summed E-state index contributed by atoms with van der Waals surface area (Å²) in [5, 5.41) is 3.53. The van der Waals surface area contributed by atoms with Gasteiger partial charge in [0.1, 0.15) is 11.0 Å². The number of alkyl halides is 3. The van der Waals surface area contributed by atoms with Crippen LogP contribution in [0.5, 0.6) is 0 Å². The average Bonchev–Trinajstić information content (AvgIpc) is 2.63. The van der Waals surface area contributed by atoms with E-state index in [1.165, 1.54) is 12.3 Å². The minimum atomic E-state index is -4.48. The third kappa shape index (κ3) is 2.55. The molecular weight excluding hydrogens is 257 g/mol. The molecule has 2 aromatic rings. The minimum Gasteiger partial charge on any atom is -0.222 e. The van der Waals surface area contributed by atoms with Gasteiger partial charge in [-0.15, -0.1) is 0 Å². The van der Waals surface area contributed by atoms with Crippen LogP contribution in [0.15, 0.2) is 18.3 Å². The van der Waals surface area contributed by atoms with Crippen molar-refractivity contribution in [2.24, 2.45) is 0 Å². The molecule has 0 saturated heterocycles. The molecule has 0 aromatic carbocycles. The second-order valence-corrected chi connectivity index (χ2v) is 3.63. The van der Waals surface area contributed by atoms with Gasteiger partial charge in [-0.25, -0.2) is 14.6 Å². The predicted molar refractivity (Wildman–Crippen MR) is 53.9 cm³/mol. The van der Waals surface area contributed by atoms with Gasteiger partial charge in [-0.3, -0.25) is 0 Å². The van der Waals surface area contributed by atoms with Crippen LogP contribution in [0.25, 0.3) is 5.82 Å². The summed E-state index contributed by atoms with van der Waals surface area (Å²) in [5.41, 5.74) is -0.982. The van der Waals surface area contributed by atoms with E-state index in [0.717, 1.165) is 10.7 Å². The van der Waals surface area contributed by atoms with Crippen molar-refractivity contribution >= 4 is 11.6 Å². The summed E-state index contributed by atoms with van der Waals surface area (Å²) in [5.74, 6) is 0.551. The zero-order chi connectivity index (χ0) is 12.6. The third-order valence-electron chi connectivity index (χ3n) is 1.91. The van der Waals surface area contributed by atoms with Crippen LogP contribution >= 0.6 is 11.6 Å². The zero-order valence-corrected chi connectivity index (χ0v) is 9.29. The highest BCUT2D eigenvalue weighted by molar-refractivity contribution is 6.29. The number of hydrogen-bond donors (Lipinski definition) is 0. The van der Waals surface area contributed by atoms with Gasteiger partial charge in [0.2, 0.25) is 0 Å². The zero-order valence-electron chi connectivity index (χ0n) is 8.53. The summed E-state index contributed by atoms with van der Waals surface area (Å²) >= 11 is 5.68. The smallest absolute Gasteiger partial charge is 0.222 e. The summed E-state index contributed by atoms with van der Waals surface area (Å²) in [4.78, 5) is 7.74. The first kappa shape index (κ1) is 11.8. The van der Waals surface area contributed by atoms with E-state index in [1.807, 2.05) is 0 Å². The van der Waals surface area contributed by atoms with Gasteiger partial charge in [0.05, 0.1) is 0 Å². The van der Waals surface area contributed by atoms with E-state index in [9.17, 15) is 13.2 Å². The van der Waals surface area contributed by atoms with Crippen LogP contribution < -0.4 is 0 Å². The number of hydrogen-bond acceptors (Lipinski definition) is 3. The van der Waals surface area contributed by atoms with Crippen LogP contribution in [-0.2, 0) is 6.18 Å². The van der Waals surface area contributed by atoms with Gasteiger partial charge in [0.15, 0.2) is 11.5 Å². The van der Waals surface area contributed by atoms with E-state index in [1.54, 1.807) is 6.92 Å². The molecule has 0 unspecified atom stereocenters. The monoisotopic (exact) mass is 262 g/mol. The Balaban J connectivity index is 2.44. The Labute approximate surface area is 99.1 Å². The van der Waals surface area contributed by atoms with Crippen molar-refractivity contribution in [1.29, 1.82) is 0 Å². The highest BCUT2D eigenvalue weighted by Gasteiger charge is 2.33. The molecule has 2 aromatic heterocycles. The summed E-state index contributed by atoms with van der Waals surface area (Å²) in [6, 6.07) is 2.20. The molecule has 0 atom stereocenters. The summed E-state index contributed by atoms with van der Waals surface area (Å²) in [7, 11) is 0. The van der Waals surface area contributed by atoms with Gasteiger partial charge in [-0.1, -0.05) is 11.6 Å². The molecule has 0 amide bonds. The molecule has 0 aliphatic carbocycles. The summed E-state index contributed by atoms with van der Waals surface area (Å²) in [6.45, 7) is 1.59. The molecular formula is C9H6ClF3N4. The van der Waals surface area contributed by atoms with Gasteiger partial charge in [-0.05, 0) is 13.0 Å². The van der Waals surface area contributed by atoms with E-state index in [-0.39, 0.29) is 11.0 Å². The second-order valence-electron chi connectivity index (χ2n) is 3.24. The van der Waals surface area contributed by atoms with Crippen molar-refractivity contribution in [3.63, 3.8) is 0 Å². The van der Waals surface area contributed by atoms with E-state index in [0.29, 0.717) is 5.82 Å². The Bertz CT molecular complexity index is 529. The highest BCUT2D eigenvalue weighted by Crippen LogP contribution is 2.27. The van der Waals surface area contributed by atoms with Crippen LogP contribution in [-0.4, -0.2) is 19.7 Å². The first-order chi connectivity index (χ1) is 7.86. The lowest BCUT2D eigenvalue weighted by atomic mass is 10.4. The maximum absolute atomic E-state index is 12.3. The van der Waals surface area contributed by atoms with Gasteiger partial charge in [0, 0.05) is 12.3 Å². The SMILES string of the molecule is Cc1nc(Cl)cc(-n2ccc(C(F)(F)F)n2)n1. The number of rotatable bonds is 1. The lowest BCUT2D eigenvalue weighted by molar-refractivity contribution is -0.141. The largest absolute Gasteiger partial charge is 0.435 e. The Morgan fingerprint density at radius 1 is 1.29 bits per heavy atom. The van der Waals surface area contributed by atoms with Gasteiger partial charge >= 0.3 is 6.18 Å². The van der Waals surface area contributed by atoms with Crippen LogP contribution in [0, 0.1) is 6.92 Å². The number of nitrogens with zero attached hydrogens (tertiary/aromatic N) is 4. The molecule has 2 heterocycles. The first-order valence-corrected chi connectivity index (χ1v) is 4.88. The molecule has 2 rings (SSSR count). The molecule has 0 N–H and O–H groups in total. The number of aromatic nitrogens is 4. The average molecular weight is 263 g/mol. The Hall–Kier alpha value is -1.63. The van der Waals surface area contributed by atoms with E-state index >= 15 is 0 Å². The molecule has 0 saturated carbocycles. The molecule has 90 valence electrons.